The van der Waals surface area contributed by atoms with Gasteiger partial charge in [-0.15, -0.1) is 0 Å². The summed E-state index contributed by atoms with van der Waals surface area (Å²) in [5.74, 6) is 0.776. The van der Waals surface area contributed by atoms with Crippen molar-refractivity contribution in [3.63, 3.8) is 0 Å². The van der Waals surface area contributed by atoms with Crippen LogP contribution in [0.2, 0.25) is 0 Å². The summed E-state index contributed by atoms with van der Waals surface area (Å²) < 4.78 is 74.4. The number of benzene rings is 3. The van der Waals surface area contributed by atoms with Gasteiger partial charge in [-0.2, -0.15) is 13.2 Å². The topological polar surface area (TPSA) is 123 Å². The molecular weight excluding hydrogens is 599 g/mol. The lowest BCUT2D eigenvalue weighted by molar-refractivity contribution is -0.137. The average molecular weight is 630 g/mol. The van der Waals surface area contributed by atoms with Gasteiger partial charge in [0.1, 0.15) is 17.8 Å². The van der Waals surface area contributed by atoms with Crippen LogP contribution in [0.3, 0.4) is 0 Å². The molecule has 2 heterocycles. The van der Waals surface area contributed by atoms with Crippen molar-refractivity contribution in [2.75, 3.05) is 55.4 Å². The van der Waals surface area contributed by atoms with Gasteiger partial charge in [-0.1, -0.05) is 12.1 Å². The summed E-state index contributed by atoms with van der Waals surface area (Å²) >= 11 is 0. The fourth-order valence-corrected chi connectivity index (χ4v) is 5.98. The van der Waals surface area contributed by atoms with E-state index in [4.69, 9.17) is 9.47 Å². The van der Waals surface area contributed by atoms with E-state index in [1.807, 2.05) is 0 Å². The first-order valence-electron chi connectivity index (χ1n) is 13.7. The molecule has 1 aliphatic heterocycles. The predicted molar refractivity (Wildman–Crippen MR) is 160 cm³/mol. The molecular formula is C30H30F3N5O5S. The van der Waals surface area contributed by atoms with E-state index in [0.717, 1.165) is 12.1 Å². The second-order valence-corrected chi connectivity index (χ2v) is 12.6. The SMILES string of the molecule is COc1cc2c(Oc3cc(C(=O)Nc4cccc(C(F)(F)F)c4)ccc3C)ncnc2cc1NCCN1CCS(=O)(=O)CC1. The first-order valence-corrected chi connectivity index (χ1v) is 15.5. The molecule has 0 bridgehead atoms. The quantitative estimate of drug-likeness (QED) is 0.259. The number of nitrogens with zero attached hydrogens (tertiary/aromatic N) is 3. The summed E-state index contributed by atoms with van der Waals surface area (Å²) in [4.78, 5) is 23.7. The number of fused-ring (bicyclic) bond motifs is 1. The molecule has 0 atom stereocenters. The fraction of sp³-hybridized carbons (Fsp3) is 0.300. The van der Waals surface area contributed by atoms with Crippen molar-refractivity contribution in [1.29, 1.82) is 0 Å². The Morgan fingerprint density at radius 1 is 1.02 bits per heavy atom. The van der Waals surface area contributed by atoms with Crippen LogP contribution in [-0.4, -0.2) is 74.0 Å². The third kappa shape index (κ3) is 7.37. The Labute approximate surface area is 252 Å². The third-order valence-corrected chi connectivity index (χ3v) is 8.81. The van der Waals surface area contributed by atoms with Gasteiger partial charge in [0.25, 0.3) is 5.91 Å². The number of halogens is 3. The number of aryl methyl sites for hydroxylation is 1. The van der Waals surface area contributed by atoms with E-state index in [1.165, 1.54) is 31.6 Å². The number of aromatic nitrogens is 2. The highest BCUT2D eigenvalue weighted by Crippen LogP contribution is 2.36. The molecule has 5 rings (SSSR count). The van der Waals surface area contributed by atoms with Crippen LogP contribution in [-0.2, 0) is 16.0 Å². The van der Waals surface area contributed by atoms with Gasteiger partial charge in [0.2, 0.25) is 5.88 Å². The van der Waals surface area contributed by atoms with E-state index < -0.39 is 27.5 Å². The van der Waals surface area contributed by atoms with Gasteiger partial charge in [0.15, 0.2) is 9.84 Å². The monoisotopic (exact) mass is 629 g/mol. The second-order valence-electron chi connectivity index (χ2n) is 10.3. The van der Waals surface area contributed by atoms with Crippen LogP contribution in [0.15, 0.2) is 60.9 Å². The number of anilines is 2. The molecule has 1 saturated heterocycles. The largest absolute Gasteiger partial charge is 0.495 e. The van der Waals surface area contributed by atoms with Gasteiger partial charge in [-0.05, 0) is 55.0 Å². The molecule has 4 aromatic rings. The predicted octanol–water partition coefficient (Wildman–Crippen LogP) is 5.15. The lowest BCUT2D eigenvalue weighted by atomic mass is 10.1. The van der Waals surface area contributed by atoms with Crippen LogP contribution in [0.25, 0.3) is 10.9 Å². The van der Waals surface area contributed by atoms with E-state index in [2.05, 4.69) is 25.5 Å². The van der Waals surface area contributed by atoms with Gasteiger partial charge in [0.05, 0.1) is 40.8 Å². The normalized spacial score (nSPS) is 15.1. The number of amides is 1. The Morgan fingerprint density at radius 3 is 2.52 bits per heavy atom. The molecule has 3 aromatic carbocycles. The zero-order chi connectivity index (χ0) is 31.5. The summed E-state index contributed by atoms with van der Waals surface area (Å²) in [5, 5.41) is 6.38. The lowest BCUT2D eigenvalue weighted by Gasteiger charge is -2.26. The van der Waals surface area contributed by atoms with Crippen LogP contribution < -0.4 is 20.1 Å². The van der Waals surface area contributed by atoms with E-state index in [1.54, 1.807) is 31.2 Å². The minimum Gasteiger partial charge on any atom is -0.495 e. The number of rotatable bonds is 9. The van der Waals surface area contributed by atoms with Gasteiger partial charge in [0, 0.05) is 37.4 Å². The molecule has 1 aliphatic rings. The van der Waals surface area contributed by atoms with Crippen molar-refractivity contribution in [1.82, 2.24) is 14.9 Å². The first kappa shape index (κ1) is 31.0. The summed E-state index contributed by atoms with van der Waals surface area (Å²) in [5.41, 5.74) is 1.28. The van der Waals surface area contributed by atoms with Crippen LogP contribution in [0.5, 0.6) is 17.4 Å². The van der Waals surface area contributed by atoms with Crippen LogP contribution in [0, 0.1) is 6.92 Å². The van der Waals surface area contributed by atoms with Crippen LogP contribution >= 0.6 is 0 Å². The highest BCUT2D eigenvalue weighted by atomic mass is 32.2. The Kier molecular flexibility index (Phi) is 8.92. The summed E-state index contributed by atoms with van der Waals surface area (Å²) in [7, 11) is -1.41. The molecule has 0 aliphatic carbocycles. The fourth-order valence-electron chi connectivity index (χ4n) is 4.70. The Morgan fingerprint density at radius 2 is 1.80 bits per heavy atom. The minimum absolute atomic E-state index is 0.00930. The molecule has 2 N–H and O–H groups in total. The number of methoxy groups -OCH3 is 1. The highest BCUT2D eigenvalue weighted by molar-refractivity contribution is 7.91. The third-order valence-electron chi connectivity index (χ3n) is 7.21. The molecule has 0 radical (unpaired) electrons. The molecule has 10 nitrogen and oxygen atoms in total. The van der Waals surface area contributed by atoms with Crippen molar-refractivity contribution in [2.45, 2.75) is 13.1 Å². The van der Waals surface area contributed by atoms with Gasteiger partial charge in [-0.25, -0.2) is 18.4 Å². The van der Waals surface area contributed by atoms with E-state index in [9.17, 15) is 26.4 Å². The number of hydrogen-bond acceptors (Lipinski definition) is 9. The summed E-state index contributed by atoms with van der Waals surface area (Å²) in [6.07, 6.45) is -3.19. The number of carbonyl (C=O) groups excluding carboxylic acids is 1. The van der Waals surface area contributed by atoms with Crippen molar-refractivity contribution in [2.24, 2.45) is 0 Å². The average Bonchev–Trinajstić information content (AvgIpc) is 2.98. The number of alkyl halides is 3. The molecule has 14 heteroatoms. The van der Waals surface area contributed by atoms with E-state index >= 15 is 0 Å². The molecule has 1 amide bonds. The van der Waals surface area contributed by atoms with Crippen LogP contribution in [0.1, 0.15) is 21.5 Å². The molecule has 0 saturated carbocycles. The van der Waals surface area contributed by atoms with Gasteiger partial charge >= 0.3 is 6.18 Å². The van der Waals surface area contributed by atoms with Crippen molar-refractivity contribution < 1.29 is 35.9 Å². The van der Waals surface area contributed by atoms with E-state index in [-0.39, 0.29) is 28.6 Å². The Bertz CT molecular complexity index is 1790. The first-order chi connectivity index (χ1) is 20.9. The maximum Gasteiger partial charge on any atom is 0.416 e. The minimum atomic E-state index is -4.54. The zero-order valence-corrected chi connectivity index (χ0v) is 24.8. The second kappa shape index (κ2) is 12.7. The Balaban J connectivity index is 1.32. The zero-order valence-electron chi connectivity index (χ0n) is 23.9. The lowest BCUT2D eigenvalue weighted by Crippen LogP contribution is -2.42. The molecule has 232 valence electrons. The van der Waals surface area contributed by atoms with Crippen molar-refractivity contribution in [3.05, 3.63) is 77.6 Å². The number of carbonyl (C=O) groups is 1. The summed E-state index contributed by atoms with van der Waals surface area (Å²) in [6, 6.07) is 12.6. The summed E-state index contributed by atoms with van der Waals surface area (Å²) in [6.45, 7) is 4.00. The maximum atomic E-state index is 13.1. The Hall–Kier alpha value is -4.43. The highest BCUT2D eigenvalue weighted by Gasteiger charge is 2.30. The standard InChI is InChI=1S/C30H30F3N5O5S/c1-19-6-7-20(28(39)37-22-5-3-4-21(15-22)30(31,32)33)14-26(19)43-29-23-16-27(42-2)25(17-24(23)35-18-36-29)34-8-9-38-10-12-44(40,41)13-11-38/h3-7,14-18,34H,8-13H2,1-2H3,(H,37,39). The van der Waals surface area contributed by atoms with Gasteiger partial charge < -0.3 is 20.1 Å². The smallest absolute Gasteiger partial charge is 0.416 e. The molecule has 44 heavy (non-hydrogen) atoms. The van der Waals surface area contributed by atoms with Crippen LogP contribution in [0.4, 0.5) is 24.5 Å². The molecule has 1 fully saturated rings. The molecule has 0 unspecified atom stereocenters. The maximum absolute atomic E-state index is 13.1. The number of ether oxygens (including phenoxy) is 2. The number of sulfone groups is 1. The van der Waals surface area contributed by atoms with Crippen molar-refractivity contribution >= 4 is 38.0 Å². The molecule has 1 aromatic heterocycles. The van der Waals surface area contributed by atoms with E-state index in [0.29, 0.717) is 59.8 Å². The molecule has 0 spiro atoms. The number of hydrogen-bond donors (Lipinski definition) is 2. The van der Waals surface area contributed by atoms with Gasteiger partial charge in [-0.3, -0.25) is 9.69 Å². The van der Waals surface area contributed by atoms with Crippen molar-refractivity contribution in [3.8, 4) is 17.4 Å². The number of nitrogens with one attached hydrogen (secondary N) is 2.